The van der Waals surface area contributed by atoms with E-state index in [1.165, 1.54) is 17.4 Å². The summed E-state index contributed by atoms with van der Waals surface area (Å²) in [5, 5.41) is 9.88. The van der Waals surface area contributed by atoms with Crippen molar-refractivity contribution in [2.75, 3.05) is 7.05 Å². The van der Waals surface area contributed by atoms with Gasteiger partial charge in [-0.2, -0.15) is 10.1 Å². The third-order valence-corrected chi connectivity index (χ3v) is 4.60. The number of aromatic nitrogens is 4. The Bertz CT molecular complexity index is 1070. The first-order valence-corrected chi connectivity index (χ1v) is 9.36. The number of nitrogens with two attached hydrogens (primary N) is 2. The smallest absolute Gasteiger partial charge is 0.286 e. The van der Waals surface area contributed by atoms with Crippen molar-refractivity contribution in [1.29, 1.82) is 0 Å². The van der Waals surface area contributed by atoms with Crippen LogP contribution in [0.4, 0.5) is 0 Å². The zero-order valence-corrected chi connectivity index (χ0v) is 17.1. The van der Waals surface area contributed by atoms with Crippen LogP contribution in [0, 0.1) is 0 Å². The lowest BCUT2D eigenvalue weighted by Crippen LogP contribution is -2.26. The van der Waals surface area contributed by atoms with Gasteiger partial charge < -0.3 is 15.3 Å². The van der Waals surface area contributed by atoms with Crippen LogP contribution in [0.25, 0.3) is 5.70 Å². The Balaban J connectivity index is 1.70. The quantitative estimate of drug-likeness (QED) is 0.424. The summed E-state index contributed by atoms with van der Waals surface area (Å²) in [6.07, 6.45) is 4.13. The molecule has 2 aromatic heterocycles. The van der Waals surface area contributed by atoms with Gasteiger partial charge in [0.1, 0.15) is 11.6 Å². The summed E-state index contributed by atoms with van der Waals surface area (Å²) >= 11 is 12.0. The van der Waals surface area contributed by atoms with Gasteiger partial charge in [-0.15, -0.1) is 0 Å². The molecule has 2 heterocycles. The highest BCUT2D eigenvalue weighted by Gasteiger charge is 2.14. The lowest BCUT2D eigenvalue weighted by Gasteiger charge is -2.10. The summed E-state index contributed by atoms with van der Waals surface area (Å²) in [5.74, 6) is 6.30. The molecular formula is C18H19Cl2N7O2. The molecule has 3 aromatic rings. The van der Waals surface area contributed by atoms with Gasteiger partial charge in [0.15, 0.2) is 5.82 Å². The summed E-state index contributed by atoms with van der Waals surface area (Å²) in [4.78, 5) is 16.8. The van der Waals surface area contributed by atoms with Crippen LogP contribution in [-0.2, 0) is 19.4 Å². The van der Waals surface area contributed by atoms with Crippen LogP contribution in [0.15, 0.2) is 46.0 Å². The summed E-state index contributed by atoms with van der Waals surface area (Å²) in [6, 6.07) is 7.55. The van der Waals surface area contributed by atoms with Crippen LogP contribution in [0.2, 0.25) is 10.0 Å². The average Bonchev–Trinajstić information content (AvgIpc) is 3.12. The Labute approximate surface area is 176 Å². The number of aryl methyl sites for hydroxylation is 2. The number of benzene rings is 1. The van der Waals surface area contributed by atoms with Gasteiger partial charge in [0.2, 0.25) is 5.89 Å². The van der Waals surface area contributed by atoms with E-state index in [1.54, 1.807) is 7.05 Å². The van der Waals surface area contributed by atoms with Crippen molar-refractivity contribution in [3.05, 3.63) is 79.9 Å². The molecule has 0 amide bonds. The van der Waals surface area contributed by atoms with E-state index < -0.39 is 5.56 Å². The second-order valence-corrected chi connectivity index (χ2v) is 7.13. The molecule has 4 N–H and O–H groups in total. The van der Waals surface area contributed by atoms with Crippen molar-refractivity contribution in [3.8, 4) is 0 Å². The van der Waals surface area contributed by atoms with Crippen LogP contribution < -0.4 is 17.1 Å². The standard InChI is InChI=1S/C18H19Cl2N7O2/c1-26(22)9-14(21)13-8-23-27(18(28)17(13)20)10-16-24-15(25-29-16)7-4-11-2-5-12(19)6-3-11/h2-3,5-6,8-9H,4,7,10,21-22H2,1H3/b14-9-. The van der Waals surface area contributed by atoms with Crippen molar-refractivity contribution in [2.45, 2.75) is 19.4 Å². The Morgan fingerprint density at radius 1 is 1.28 bits per heavy atom. The van der Waals surface area contributed by atoms with Crippen LogP contribution >= 0.6 is 23.2 Å². The fourth-order valence-corrected chi connectivity index (χ4v) is 2.94. The number of hydrazine groups is 1. The SMILES string of the molecule is CN(N)/C=C(\N)c1cnn(Cc2nc(CCc3ccc(Cl)cc3)no2)c(=O)c1Cl. The van der Waals surface area contributed by atoms with E-state index in [2.05, 4.69) is 15.2 Å². The predicted molar refractivity (Wildman–Crippen MR) is 110 cm³/mol. The lowest BCUT2D eigenvalue weighted by molar-refractivity contribution is 0.358. The highest BCUT2D eigenvalue weighted by atomic mass is 35.5. The number of halogens is 2. The Morgan fingerprint density at radius 2 is 2.00 bits per heavy atom. The molecule has 0 fully saturated rings. The maximum atomic E-state index is 12.5. The molecule has 0 aliphatic carbocycles. The van der Waals surface area contributed by atoms with Crippen molar-refractivity contribution < 1.29 is 4.52 Å². The van der Waals surface area contributed by atoms with Gasteiger partial charge in [0.25, 0.3) is 5.56 Å². The minimum atomic E-state index is -0.527. The largest absolute Gasteiger partial charge is 0.397 e. The number of rotatable bonds is 7. The molecule has 0 aliphatic heterocycles. The van der Waals surface area contributed by atoms with Gasteiger partial charge in [-0.05, 0) is 24.1 Å². The molecule has 0 bridgehead atoms. The van der Waals surface area contributed by atoms with E-state index in [-0.39, 0.29) is 23.2 Å². The lowest BCUT2D eigenvalue weighted by atomic mass is 10.1. The van der Waals surface area contributed by atoms with E-state index in [9.17, 15) is 4.79 Å². The molecule has 1 aromatic carbocycles. The molecule has 0 spiro atoms. The average molecular weight is 436 g/mol. The molecule has 29 heavy (non-hydrogen) atoms. The van der Waals surface area contributed by atoms with Gasteiger partial charge in [0, 0.05) is 30.3 Å². The molecule has 0 saturated heterocycles. The van der Waals surface area contributed by atoms with Crippen LogP contribution in [0.3, 0.4) is 0 Å². The molecule has 3 rings (SSSR count). The fourth-order valence-electron chi connectivity index (χ4n) is 2.56. The van der Waals surface area contributed by atoms with Gasteiger partial charge in [-0.3, -0.25) is 4.79 Å². The summed E-state index contributed by atoms with van der Waals surface area (Å²) in [5.41, 5.74) is 6.97. The van der Waals surface area contributed by atoms with E-state index in [0.717, 1.165) is 16.7 Å². The number of nitrogens with zero attached hydrogens (tertiary/aromatic N) is 5. The predicted octanol–water partition coefficient (Wildman–Crippen LogP) is 1.83. The van der Waals surface area contributed by atoms with Crippen molar-refractivity contribution in [2.24, 2.45) is 11.6 Å². The van der Waals surface area contributed by atoms with Gasteiger partial charge in [0.05, 0.1) is 11.9 Å². The maximum Gasteiger partial charge on any atom is 0.286 e. The molecule has 9 nitrogen and oxygen atoms in total. The molecule has 0 atom stereocenters. The van der Waals surface area contributed by atoms with Gasteiger partial charge >= 0.3 is 0 Å². The molecule has 0 radical (unpaired) electrons. The van der Waals surface area contributed by atoms with Gasteiger partial charge in [-0.1, -0.05) is 40.5 Å². The second kappa shape index (κ2) is 9.08. The van der Waals surface area contributed by atoms with Crippen LogP contribution in [0.5, 0.6) is 0 Å². The molecule has 0 unspecified atom stereocenters. The second-order valence-electron chi connectivity index (χ2n) is 6.32. The number of hydrogen-bond donors (Lipinski definition) is 2. The van der Waals surface area contributed by atoms with E-state index in [4.69, 9.17) is 39.3 Å². The topological polar surface area (TPSA) is 129 Å². The van der Waals surface area contributed by atoms with Crippen molar-refractivity contribution in [3.63, 3.8) is 0 Å². The fraction of sp³-hybridized carbons (Fsp3) is 0.222. The Kier molecular flexibility index (Phi) is 6.53. The van der Waals surface area contributed by atoms with Crippen molar-refractivity contribution >= 4 is 28.9 Å². The van der Waals surface area contributed by atoms with E-state index in [0.29, 0.717) is 22.8 Å². The molecule has 11 heteroatoms. The third kappa shape index (κ3) is 5.35. The third-order valence-electron chi connectivity index (χ3n) is 3.98. The zero-order valence-electron chi connectivity index (χ0n) is 15.5. The summed E-state index contributed by atoms with van der Waals surface area (Å²) in [7, 11) is 1.59. The first-order valence-electron chi connectivity index (χ1n) is 8.60. The number of hydrogen-bond acceptors (Lipinski definition) is 8. The monoisotopic (exact) mass is 435 g/mol. The Morgan fingerprint density at radius 3 is 2.69 bits per heavy atom. The minimum Gasteiger partial charge on any atom is -0.397 e. The summed E-state index contributed by atoms with van der Waals surface area (Å²) in [6.45, 7) is -0.00676. The Hall–Kier alpha value is -2.88. The highest BCUT2D eigenvalue weighted by molar-refractivity contribution is 6.32. The first kappa shape index (κ1) is 20.8. The molecule has 0 saturated carbocycles. The minimum absolute atomic E-state index is 0.00676. The van der Waals surface area contributed by atoms with Gasteiger partial charge in [-0.25, -0.2) is 10.5 Å². The van der Waals surface area contributed by atoms with E-state index in [1.807, 2.05) is 24.3 Å². The zero-order chi connectivity index (χ0) is 21.0. The normalized spacial score (nSPS) is 11.7. The maximum absolute atomic E-state index is 12.5. The first-order chi connectivity index (χ1) is 13.8. The molecule has 152 valence electrons. The highest BCUT2D eigenvalue weighted by Crippen LogP contribution is 2.16. The van der Waals surface area contributed by atoms with Crippen molar-refractivity contribution in [1.82, 2.24) is 24.9 Å². The van der Waals surface area contributed by atoms with Crippen LogP contribution in [-0.4, -0.2) is 32.0 Å². The molecular weight excluding hydrogens is 417 g/mol. The van der Waals surface area contributed by atoms with Crippen LogP contribution in [0.1, 0.15) is 22.8 Å². The van der Waals surface area contributed by atoms with E-state index >= 15 is 0 Å². The molecule has 0 aliphatic rings. The summed E-state index contributed by atoms with van der Waals surface area (Å²) < 4.78 is 6.34.